The molecule has 2 N–H and O–H groups in total. The van der Waals surface area contributed by atoms with Gasteiger partial charge in [-0.05, 0) is 100.0 Å². The van der Waals surface area contributed by atoms with E-state index >= 15 is 0 Å². The molecule has 5 aromatic heterocycles. The number of thioether (sulfide) groups is 1. The summed E-state index contributed by atoms with van der Waals surface area (Å²) in [6, 6.07) is 12.2. The number of hydrogen-bond acceptors (Lipinski definition) is 20. The third-order valence-electron chi connectivity index (χ3n) is 10.4. The van der Waals surface area contributed by atoms with E-state index in [4.69, 9.17) is 34.7 Å². The largest absolute Gasteiger partial charge is 0.495 e. The number of azo groups is 2. The fourth-order valence-corrected chi connectivity index (χ4v) is 11.8. The molecule has 0 saturated heterocycles. The first kappa shape index (κ1) is 42.7. The van der Waals surface area contributed by atoms with E-state index in [2.05, 4.69) is 91.4 Å². The van der Waals surface area contributed by atoms with Gasteiger partial charge in [-0.1, -0.05) is 31.0 Å². The number of methoxy groups -OCH3 is 2. The zero-order valence-corrected chi connectivity index (χ0v) is 38.9. The summed E-state index contributed by atoms with van der Waals surface area (Å²) >= 11 is 7.35. The van der Waals surface area contributed by atoms with Crippen LogP contribution in [0.4, 0.5) is 56.0 Å². The highest BCUT2D eigenvalue weighted by molar-refractivity contribution is 7.99. The van der Waals surface area contributed by atoms with E-state index in [0.29, 0.717) is 55.1 Å². The first-order valence-electron chi connectivity index (χ1n) is 20.3. The van der Waals surface area contributed by atoms with Gasteiger partial charge in [-0.25, -0.2) is 0 Å². The zero-order chi connectivity index (χ0) is 42.3. The summed E-state index contributed by atoms with van der Waals surface area (Å²) in [7, 11) is 3.31. The second-order valence-electron chi connectivity index (χ2n) is 14.0. The molecule has 0 bridgehead atoms. The Balaban J connectivity index is 1.18. The molecule has 1 fully saturated rings. The van der Waals surface area contributed by atoms with Crippen LogP contribution in [0.1, 0.15) is 59.8 Å². The Hall–Kier alpha value is -5.02. The van der Waals surface area contributed by atoms with E-state index in [-0.39, 0.29) is 0 Å². The lowest BCUT2D eigenvalue weighted by Crippen LogP contribution is -2.21. The lowest BCUT2D eigenvalue weighted by Gasteiger charge is -2.23. The number of thiophene rings is 2. The highest BCUT2D eigenvalue weighted by Gasteiger charge is 2.21. The van der Waals surface area contributed by atoms with Crippen LogP contribution in [0.25, 0.3) is 20.4 Å². The van der Waals surface area contributed by atoms with Gasteiger partial charge in [0.25, 0.3) is 0 Å². The molecular weight excluding hydrogens is 867 g/mol. The van der Waals surface area contributed by atoms with Gasteiger partial charge >= 0.3 is 0 Å². The molecule has 1 aliphatic rings. The Morgan fingerprint density at radius 3 is 1.57 bits per heavy atom. The average Bonchev–Trinajstić information content (AvgIpc) is 4.08. The summed E-state index contributed by atoms with van der Waals surface area (Å²) < 4.78 is 20.3. The minimum atomic E-state index is 0.378. The summed E-state index contributed by atoms with van der Waals surface area (Å²) in [5.41, 5.74) is 4.73. The molecule has 15 nitrogen and oxygen atoms in total. The van der Waals surface area contributed by atoms with Crippen LogP contribution in [0.15, 0.2) is 72.8 Å². The fraction of sp³-hybridized carbons (Fsp3) is 0.390. The van der Waals surface area contributed by atoms with Crippen molar-refractivity contribution in [3.8, 4) is 11.5 Å². The molecular formula is C41H47N13O2S5. The van der Waals surface area contributed by atoms with Crippen molar-refractivity contribution in [2.45, 2.75) is 70.2 Å². The van der Waals surface area contributed by atoms with Crippen molar-refractivity contribution in [2.75, 3.05) is 60.8 Å². The molecule has 7 aromatic rings. The van der Waals surface area contributed by atoms with Crippen molar-refractivity contribution < 1.29 is 9.47 Å². The van der Waals surface area contributed by atoms with Crippen molar-refractivity contribution in [2.24, 2.45) is 20.5 Å². The molecule has 20 heteroatoms. The molecule has 1 saturated carbocycles. The maximum absolute atomic E-state index is 5.60. The monoisotopic (exact) mass is 913 g/mol. The summed E-state index contributed by atoms with van der Waals surface area (Å²) in [6.07, 6.45) is 5.89. The number of hydrogen-bond donors (Lipinski definition) is 2. The molecule has 0 radical (unpaired) electrons. The summed E-state index contributed by atoms with van der Waals surface area (Å²) in [6.45, 7) is 12.0. The smallest absolute Gasteiger partial charge is 0.233 e. The van der Waals surface area contributed by atoms with E-state index in [1.807, 2.05) is 22.9 Å². The third kappa shape index (κ3) is 9.57. The Labute approximate surface area is 375 Å². The number of rotatable bonds is 18. The van der Waals surface area contributed by atoms with E-state index < -0.39 is 0 Å². The Bertz CT molecular complexity index is 2470. The summed E-state index contributed by atoms with van der Waals surface area (Å²) in [5, 5.41) is 34.0. The summed E-state index contributed by atoms with van der Waals surface area (Å²) in [5.74, 6) is 2.23. The van der Waals surface area contributed by atoms with Gasteiger partial charge in [0.1, 0.15) is 32.5 Å². The minimum Gasteiger partial charge on any atom is -0.495 e. The van der Waals surface area contributed by atoms with Crippen molar-refractivity contribution in [1.29, 1.82) is 0 Å². The SMILES string of the molecule is CCN(CC)c1ccc(/N=N/c2snc3scc(OC)c23)c(Nc2nc(Nc3cc(N(CC)CC)ccc3/N=N/c3snc4scc(OC)c34)nc(SC3CCCCC3)n2)c1. The molecule has 318 valence electrons. The number of nitrogens with one attached hydrogen (secondary N) is 2. The molecule has 5 heterocycles. The van der Waals surface area contributed by atoms with Crippen LogP contribution < -0.4 is 29.9 Å². The zero-order valence-electron chi connectivity index (χ0n) is 34.8. The lowest BCUT2D eigenvalue weighted by molar-refractivity contribution is 0.421. The number of fused-ring (bicyclic) bond motifs is 2. The molecule has 0 unspecified atom stereocenters. The van der Waals surface area contributed by atoms with Crippen LogP contribution in [-0.4, -0.2) is 69.3 Å². The molecule has 0 aliphatic heterocycles. The van der Waals surface area contributed by atoms with Crippen molar-refractivity contribution >= 4 is 134 Å². The van der Waals surface area contributed by atoms with Crippen LogP contribution >= 0.6 is 57.5 Å². The lowest BCUT2D eigenvalue weighted by atomic mass is 10.0. The first-order valence-corrected chi connectivity index (χ1v) is 24.5. The minimum absolute atomic E-state index is 0.378. The number of anilines is 6. The molecule has 1 aliphatic carbocycles. The van der Waals surface area contributed by atoms with Gasteiger partial charge in [-0.3, -0.25) is 0 Å². The number of ether oxygens (including phenoxy) is 2. The highest BCUT2D eigenvalue weighted by atomic mass is 32.2. The summed E-state index contributed by atoms with van der Waals surface area (Å²) in [4.78, 5) is 21.3. The molecule has 0 amide bonds. The second kappa shape index (κ2) is 19.8. The van der Waals surface area contributed by atoms with Crippen molar-refractivity contribution in [3.63, 3.8) is 0 Å². The number of benzene rings is 2. The number of aromatic nitrogens is 5. The van der Waals surface area contributed by atoms with E-state index in [1.54, 1.807) is 26.0 Å². The van der Waals surface area contributed by atoms with Crippen LogP contribution in [0.5, 0.6) is 11.5 Å². The first-order chi connectivity index (χ1) is 29.9. The van der Waals surface area contributed by atoms with Crippen molar-refractivity contribution in [3.05, 3.63) is 47.2 Å². The van der Waals surface area contributed by atoms with Gasteiger partial charge < -0.3 is 29.9 Å². The Kier molecular flexibility index (Phi) is 13.8. The quantitative estimate of drug-likeness (QED) is 0.0785. The topological polar surface area (TPSA) is 163 Å². The van der Waals surface area contributed by atoms with E-state index in [9.17, 15) is 0 Å². The van der Waals surface area contributed by atoms with E-state index in [1.165, 1.54) is 65.0 Å². The van der Waals surface area contributed by atoms with Gasteiger partial charge in [0.2, 0.25) is 11.9 Å². The molecule has 0 spiro atoms. The maximum Gasteiger partial charge on any atom is 0.233 e. The Morgan fingerprint density at radius 1 is 0.656 bits per heavy atom. The normalized spacial score (nSPS) is 13.5. The molecule has 61 heavy (non-hydrogen) atoms. The third-order valence-corrected chi connectivity index (χ3v) is 15.0. The predicted octanol–water partition coefficient (Wildman–Crippen LogP) is 13.7. The van der Waals surface area contributed by atoms with Gasteiger partial charge in [0, 0.05) is 53.6 Å². The number of nitrogens with zero attached hydrogens (tertiary/aromatic N) is 11. The van der Waals surface area contributed by atoms with Gasteiger partial charge in [-0.15, -0.1) is 43.1 Å². The highest BCUT2D eigenvalue weighted by Crippen LogP contribution is 2.45. The van der Waals surface area contributed by atoms with Gasteiger partial charge in [0.15, 0.2) is 15.2 Å². The second-order valence-corrected chi connectivity index (χ2v) is 18.5. The molecule has 8 rings (SSSR count). The molecule has 2 aromatic carbocycles. The maximum atomic E-state index is 5.60. The van der Waals surface area contributed by atoms with Gasteiger partial charge in [0.05, 0.1) is 36.4 Å². The average molecular weight is 914 g/mol. The van der Waals surface area contributed by atoms with Crippen LogP contribution in [-0.2, 0) is 0 Å². The van der Waals surface area contributed by atoms with Crippen LogP contribution in [0.3, 0.4) is 0 Å². The standard InChI is InChI=1S/C41H47N13O2S5/c1-7-53(8-2)24-16-18-27(47-49-35-33-31(55-5)22-57-37(33)51-60-35)29(20-24)42-39-44-40(46-41(45-39)59-26-14-12-11-13-15-26)43-30-21-25(54(9-3)10-4)17-19-28(30)48-50-36-34-32(56-6)23-58-38(34)52-61-36/h16-23,26H,7-15H2,1-6H3,(H2,42,43,44,45,46)/b49-47+,50-48+. The van der Waals surface area contributed by atoms with Gasteiger partial charge in [-0.2, -0.15) is 23.7 Å². The van der Waals surface area contributed by atoms with Crippen molar-refractivity contribution in [1.82, 2.24) is 23.7 Å². The predicted molar refractivity (Wildman–Crippen MR) is 256 cm³/mol. The Morgan fingerprint density at radius 2 is 1.13 bits per heavy atom. The molecule has 0 atom stereocenters. The fourth-order valence-electron chi connectivity index (χ4n) is 7.18. The van der Waals surface area contributed by atoms with Crippen LogP contribution in [0, 0.1) is 0 Å². The van der Waals surface area contributed by atoms with E-state index in [0.717, 1.165) is 82.3 Å². The van der Waals surface area contributed by atoms with Crippen LogP contribution in [0.2, 0.25) is 0 Å².